The van der Waals surface area contributed by atoms with E-state index in [1.165, 1.54) is 0 Å². The molecule has 1 unspecified atom stereocenters. The number of carbonyl (C=O) groups excluding carboxylic acids is 1. The van der Waals surface area contributed by atoms with E-state index in [1.807, 2.05) is 30.3 Å². The molecule has 1 atom stereocenters. The van der Waals surface area contributed by atoms with Crippen molar-refractivity contribution in [2.45, 2.75) is 51.5 Å². The molecule has 1 amide bonds. The highest BCUT2D eigenvalue weighted by Crippen LogP contribution is 2.09. The average molecular weight is 345 g/mol. The molecule has 0 aliphatic carbocycles. The Bertz CT molecular complexity index is 685. The number of carboxylic acids is 1. The molecule has 0 spiro atoms. The third-order valence-electron chi connectivity index (χ3n) is 3.76. The van der Waals surface area contributed by atoms with Gasteiger partial charge in [0.25, 0.3) is 0 Å². The molecule has 2 rings (SSSR count). The van der Waals surface area contributed by atoms with Crippen molar-refractivity contribution in [1.82, 2.24) is 15.5 Å². The fraction of sp³-hybridized carbons (Fsp3) is 0.444. The summed E-state index contributed by atoms with van der Waals surface area (Å²) in [5, 5.41) is 15.5. The molecule has 0 saturated carbocycles. The van der Waals surface area contributed by atoms with E-state index in [4.69, 9.17) is 9.63 Å². The van der Waals surface area contributed by atoms with Gasteiger partial charge in [0.2, 0.25) is 11.8 Å². The molecule has 0 fully saturated rings. The number of carbonyl (C=O) groups is 2. The van der Waals surface area contributed by atoms with Crippen LogP contribution in [-0.2, 0) is 22.4 Å². The van der Waals surface area contributed by atoms with Crippen LogP contribution in [0.3, 0.4) is 0 Å². The maximum Gasteiger partial charge on any atom is 0.303 e. The fourth-order valence-electron chi connectivity index (χ4n) is 2.56. The Labute approximate surface area is 146 Å². The molecule has 2 aromatic rings. The zero-order chi connectivity index (χ0) is 18.1. The van der Waals surface area contributed by atoms with Gasteiger partial charge in [0.05, 0.1) is 0 Å². The maximum atomic E-state index is 12.2. The lowest BCUT2D eigenvalue weighted by Crippen LogP contribution is -2.36. The molecule has 0 bridgehead atoms. The summed E-state index contributed by atoms with van der Waals surface area (Å²) in [6, 6.07) is 9.52. The largest absolute Gasteiger partial charge is 0.481 e. The van der Waals surface area contributed by atoms with Gasteiger partial charge in [-0.1, -0.05) is 35.5 Å². The van der Waals surface area contributed by atoms with Gasteiger partial charge in [-0.3, -0.25) is 9.59 Å². The summed E-state index contributed by atoms with van der Waals surface area (Å²) in [6.45, 7) is 1.75. The van der Waals surface area contributed by atoms with E-state index < -0.39 is 5.97 Å². The summed E-state index contributed by atoms with van der Waals surface area (Å²) in [6.07, 6.45) is 2.53. The van der Waals surface area contributed by atoms with E-state index in [1.54, 1.807) is 6.92 Å². The highest BCUT2D eigenvalue weighted by atomic mass is 16.5. The van der Waals surface area contributed by atoms with Crippen LogP contribution in [0, 0.1) is 6.92 Å². The molecular weight excluding hydrogens is 322 g/mol. The molecule has 134 valence electrons. The van der Waals surface area contributed by atoms with Crippen LogP contribution in [0.2, 0.25) is 0 Å². The fourth-order valence-corrected chi connectivity index (χ4v) is 2.56. The zero-order valence-corrected chi connectivity index (χ0v) is 14.3. The predicted octanol–water partition coefficient (Wildman–Crippen LogP) is 2.29. The molecule has 0 saturated heterocycles. The highest BCUT2D eigenvalue weighted by Gasteiger charge is 2.15. The van der Waals surface area contributed by atoms with Crippen molar-refractivity contribution in [3.63, 3.8) is 0 Å². The number of aromatic nitrogens is 2. The minimum Gasteiger partial charge on any atom is -0.481 e. The molecule has 0 radical (unpaired) electrons. The minimum atomic E-state index is -0.862. The van der Waals surface area contributed by atoms with E-state index >= 15 is 0 Å². The van der Waals surface area contributed by atoms with Gasteiger partial charge in [-0.05, 0) is 31.7 Å². The summed E-state index contributed by atoms with van der Waals surface area (Å²) < 4.78 is 5.01. The normalized spacial score (nSPS) is 11.9. The highest BCUT2D eigenvalue weighted by molar-refractivity contribution is 5.76. The molecule has 1 aromatic heterocycles. The van der Waals surface area contributed by atoms with Crippen LogP contribution >= 0.6 is 0 Å². The summed E-state index contributed by atoms with van der Waals surface area (Å²) in [5.74, 6) is 0.148. The van der Waals surface area contributed by atoms with Gasteiger partial charge in [0.15, 0.2) is 5.82 Å². The van der Waals surface area contributed by atoms with Crippen molar-refractivity contribution in [3.8, 4) is 0 Å². The Hall–Kier alpha value is -2.70. The molecular formula is C18H23N3O4. The van der Waals surface area contributed by atoms with Crippen LogP contribution < -0.4 is 5.32 Å². The van der Waals surface area contributed by atoms with E-state index in [9.17, 15) is 9.59 Å². The Morgan fingerprint density at radius 1 is 1.24 bits per heavy atom. The number of carboxylic acid groups (broad SMARTS) is 1. The molecule has 0 aliphatic heterocycles. The number of benzene rings is 1. The number of nitrogens with zero attached hydrogens (tertiary/aromatic N) is 2. The van der Waals surface area contributed by atoms with Crippen molar-refractivity contribution in [3.05, 3.63) is 47.6 Å². The molecule has 0 aliphatic rings. The summed E-state index contributed by atoms with van der Waals surface area (Å²) in [5.41, 5.74) is 1.07. The number of aryl methyl sites for hydroxylation is 2. The van der Waals surface area contributed by atoms with E-state index in [0.29, 0.717) is 43.8 Å². The van der Waals surface area contributed by atoms with Gasteiger partial charge in [-0.25, -0.2) is 0 Å². The second-order valence-electron chi connectivity index (χ2n) is 5.98. The summed E-state index contributed by atoms with van der Waals surface area (Å²) >= 11 is 0. The number of aliphatic carboxylic acids is 1. The van der Waals surface area contributed by atoms with Crippen LogP contribution in [-0.4, -0.2) is 33.2 Å². The Morgan fingerprint density at radius 2 is 2.00 bits per heavy atom. The number of hydrogen-bond donors (Lipinski definition) is 2. The maximum absolute atomic E-state index is 12.2. The molecule has 7 nitrogen and oxygen atoms in total. The second kappa shape index (κ2) is 9.56. The van der Waals surface area contributed by atoms with Gasteiger partial charge < -0.3 is 14.9 Å². The topological polar surface area (TPSA) is 105 Å². The van der Waals surface area contributed by atoms with Crippen molar-refractivity contribution >= 4 is 11.9 Å². The Balaban J connectivity index is 1.81. The van der Waals surface area contributed by atoms with E-state index in [2.05, 4.69) is 15.5 Å². The smallest absolute Gasteiger partial charge is 0.303 e. The predicted molar refractivity (Wildman–Crippen MR) is 90.9 cm³/mol. The van der Waals surface area contributed by atoms with Crippen LogP contribution in [0.1, 0.15) is 43.0 Å². The second-order valence-corrected chi connectivity index (χ2v) is 5.98. The van der Waals surface area contributed by atoms with Gasteiger partial charge in [-0.15, -0.1) is 0 Å². The summed E-state index contributed by atoms with van der Waals surface area (Å²) in [4.78, 5) is 27.1. The molecule has 1 aromatic carbocycles. The quantitative estimate of drug-likeness (QED) is 0.684. The van der Waals surface area contributed by atoms with E-state index in [0.717, 1.165) is 5.56 Å². The SMILES string of the molecule is Cc1noc(CCCC(=O)NC(CCC(=O)O)Cc2ccccc2)n1. The molecule has 7 heteroatoms. The van der Waals surface area contributed by atoms with Gasteiger partial charge >= 0.3 is 5.97 Å². The first-order valence-corrected chi connectivity index (χ1v) is 8.37. The van der Waals surface area contributed by atoms with Gasteiger partial charge in [0.1, 0.15) is 0 Å². The molecule has 2 N–H and O–H groups in total. The molecule has 1 heterocycles. The van der Waals surface area contributed by atoms with Crippen molar-refractivity contribution in [1.29, 1.82) is 0 Å². The first-order valence-electron chi connectivity index (χ1n) is 8.37. The van der Waals surface area contributed by atoms with Gasteiger partial charge in [0, 0.05) is 25.3 Å². The van der Waals surface area contributed by atoms with Gasteiger partial charge in [-0.2, -0.15) is 4.98 Å². The summed E-state index contributed by atoms with van der Waals surface area (Å²) in [7, 11) is 0. The monoisotopic (exact) mass is 345 g/mol. The number of nitrogens with one attached hydrogen (secondary N) is 1. The van der Waals surface area contributed by atoms with Crippen LogP contribution in [0.25, 0.3) is 0 Å². The number of amides is 1. The average Bonchev–Trinajstić information content (AvgIpc) is 2.99. The third kappa shape index (κ3) is 7.15. The minimum absolute atomic E-state index is 0.0268. The van der Waals surface area contributed by atoms with Crippen molar-refractivity contribution in [2.75, 3.05) is 0 Å². The molecule has 25 heavy (non-hydrogen) atoms. The lowest BCUT2D eigenvalue weighted by molar-refractivity contribution is -0.137. The lowest BCUT2D eigenvalue weighted by Gasteiger charge is -2.18. The Kier molecular flexibility index (Phi) is 7.13. The number of hydrogen-bond acceptors (Lipinski definition) is 5. The van der Waals surface area contributed by atoms with Crippen molar-refractivity contribution in [2.24, 2.45) is 0 Å². The van der Waals surface area contributed by atoms with Crippen LogP contribution in [0.4, 0.5) is 0 Å². The van der Waals surface area contributed by atoms with Crippen LogP contribution in [0.15, 0.2) is 34.9 Å². The zero-order valence-electron chi connectivity index (χ0n) is 14.3. The van der Waals surface area contributed by atoms with Crippen LogP contribution in [0.5, 0.6) is 0 Å². The Morgan fingerprint density at radius 3 is 2.64 bits per heavy atom. The van der Waals surface area contributed by atoms with Crippen molar-refractivity contribution < 1.29 is 19.2 Å². The first-order chi connectivity index (χ1) is 12.0. The lowest BCUT2D eigenvalue weighted by atomic mass is 10.0. The van der Waals surface area contributed by atoms with E-state index in [-0.39, 0.29) is 18.4 Å². The number of rotatable bonds is 10. The third-order valence-corrected chi connectivity index (χ3v) is 3.76. The standard InChI is InChI=1S/C18H23N3O4/c1-13-19-17(25-21-13)9-5-8-16(22)20-15(10-11-18(23)24)12-14-6-3-2-4-7-14/h2-4,6-7,15H,5,8-12H2,1H3,(H,20,22)(H,23,24). The first kappa shape index (κ1) is 18.6.